The maximum absolute atomic E-state index is 13.1. The first-order valence-electron chi connectivity index (χ1n) is 10.6. The van der Waals surface area contributed by atoms with Crippen LogP contribution in [0.3, 0.4) is 0 Å². The lowest BCUT2D eigenvalue weighted by molar-refractivity contribution is -0.136. The first-order valence-corrected chi connectivity index (χ1v) is 12.1. The van der Waals surface area contributed by atoms with E-state index < -0.39 is 16.1 Å². The van der Waals surface area contributed by atoms with E-state index in [1.54, 1.807) is 17.0 Å². The van der Waals surface area contributed by atoms with Crippen molar-refractivity contribution in [2.75, 3.05) is 46.4 Å². The van der Waals surface area contributed by atoms with E-state index in [1.165, 1.54) is 19.2 Å². The summed E-state index contributed by atoms with van der Waals surface area (Å²) in [5, 5.41) is 2.85. The molecule has 0 spiro atoms. The number of amides is 2. The van der Waals surface area contributed by atoms with E-state index in [0.29, 0.717) is 45.0 Å². The molecule has 0 aliphatic carbocycles. The monoisotopic (exact) mass is 454 g/mol. The molecule has 0 radical (unpaired) electrons. The van der Waals surface area contributed by atoms with Crippen molar-refractivity contribution in [1.29, 1.82) is 0 Å². The van der Waals surface area contributed by atoms with Crippen LogP contribution in [0.5, 0.6) is 5.75 Å². The second-order valence-electron chi connectivity index (χ2n) is 7.97. The van der Waals surface area contributed by atoms with E-state index in [1.807, 2.05) is 25.7 Å². The Morgan fingerprint density at radius 3 is 2.23 bits per heavy atom. The number of carbonyl (C=O) groups excluding carboxylic acids is 2. The second kappa shape index (κ2) is 11.4. The maximum Gasteiger partial charge on any atom is 0.241 e. The number of hydrogen-bond donors (Lipinski definition) is 2. The Hall–Kier alpha value is -2.17. The lowest BCUT2D eigenvalue weighted by Crippen LogP contribution is -2.57. The number of sulfonamides is 1. The van der Waals surface area contributed by atoms with Gasteiger partial charge in [0.2, 0.25) is 21.8 Å². The number of nitrogens with zero attached hydrogens (tertiary/aromatic N) is 2. The topological polar surface area (TPSA) is 108 Å². The molecule has 1 aliphatic heterocycles. The van der Waals surface area contributed by atoms with E-state index in [-0.39, 0.29) is 22.6 Å². The number of ether oxygens (including phenoxy) is 1. The van der Waals surface area contributed by atoms with Gasteiger partial charge in [-0.15, -0.1) is 0 Å². The van der Waals surface area contributed by atoms with Gasteiger partial charge < -0.3 is 15.0 Å². The van der Waals surface area contributed by atoms with Crippen LogP contribution in [0.2, 0.25) is 0 Å². The molecule has 1 saturated heterocycles. The minimum absolute atomic E-state index is 0.0195. The molecule has 0 unspecified atom stereocenters. The van der Waals surface area contributed by atoms with Crippen LogP contribution in [-0.4, -0.2) is 82.5 Å². The van der Waals surface area contributed by atoms with Gasteiger partial charge in [-0.3, -0.25) is 14.5 Å². The highest BCUT2D eigenvalue weighted by atomic mass is 32.2. The number of hydrogen-bond acceptors (Lipinski definition) is 6. The molecule has 0 aromatic heterocycles. The number of piperazine rings is 1. The summed E-state index contributed by atoms with van der Waals surface area (Å²) in [4.78, 5) is 28.7. The first-order chi connectivity index (χ1) is 14.7. The van der Waals surface area contributed by atoms with Gasteiger partial charge in [-0.05, 0) is 36.6 Å². The van der Waals surface area contributed by atoms with Crippen molar-refractivity contribution in [3.63, 3.8) is 0 Å². The number of rotatable bonds is 10. The fourth-order valence-electron chi connectivity index (χ4n) is 3.31. The molecular formula is C21H34N4O5S. The van der Waals surface area contributed by atoms with Crippen LogP contribution in [0.25, 0.3) is 0 Å². The summed E-state index contributed by atoms with van der Waals surface area (Å²) in [7, 11) is -2.36. The highest BCUT2D eigenvalue weighted by Gasteiger charge is 2.33. The fourth-order valence-corrected chi connectivity index (χ4v) is 4.65. The first kappa shape index (κ1) is 25.1. The summed E-state index contributed by atoms with van der Waals surface area (Å²) in [5.41, 5.74) is 0. The molecule has 2 N–H and O–H groups in total. The average molecular weight is 455 g/mol. The van der Waals surface area contributed by atoms with Gasteiger partial charge in [0, 0.05) is 32.7 Å². The summed E-state index contributed by atoms with van der Waals surface area (Å²) in [6, 6.07) is 5.16. The predicted octanol–water partition coefficient (Wildman–Crippen LogP) is 0.669. The molecule has 1 atom stereocenters. The number of methoxy groups -OCH3 is 1. The van der Waals surface area contributed by atoms with Crippen LogP contribution < -0.4 is 14.8 Å². The Morgan fingerprint density at radius 2 is 1.71 bits per heavy atom. The molecule has 0 bridgehead atoms. The van der Waals surface area contributed by atoms with Gasteiger partial charge in [-0.2, -0.15) is 4.72 Å². The molecule has 1 aromatic rings. The average Bonchev–Trinajstić information content (AvgIpc) is 2.76. The molecule has 1 aromatic carbocycles. The van der Waals surface area contributed by atoms with E-state index in [9.17, 15) is 18.0 Å². The van der Waals surface area contributed by atoms with Gasteiger partial charge in [0.15, 0.2) is 0 Å². The molecule has 1 fully saturated rings. The van der Waals surface area contributed by atoms with Gasteiger partial charge in [0.05, 0.1) is 18.6 Å². The minimum atomic E-state index is -3.87. The van der Waals surface area contributed by atoms with Crippen LogP contribution in [0.4, 0.5) is 0 Å². The van der Waals surface area contributed by atoms with Crippen molar-refractivity contribution < 1.29 is 22.7 Å². The molecular weight excluding hydrogens is 420 g/mol. The third-order valence-corrected chi connectivity index (χ3v) is 6.66. The molecule has 1 heterocycles. The Balaban J connectivity index is 1.98. The molecule has 10 heteroatoms. The molecule has 2 rings (SSSR count). The second-order valence-corrected chi connectivity index (χ2v) is 9.68. The quantitative estimate of drug-likeness (QED) is 0.538. The van der Waals surface area contributed by atoms with Crippen molar-refractivity contribution in [3.05, 3.63) is 24.3 Å². The zero-order valence-corrected chi connectivity index (χ0v) is 19.6. The summed E-state index contributed by atoms with van der Waals surface area (Å²) in [6.45, 7) is 8.63. The molecule has 174 valence electrons. The zero-order chi connectivity index (χ0) is 23.0. The van der Waals surface area contributed by atoms with E-state index >= 15 is 0 Å². The molecule has 2 amide bonds. The SMILES string of the molecule is CCCNC(=O)CN1CCN(C(=O)[C@@H](NS(=O)(=O)c2ccc(OC)cc2)C(C)C)CC1. The van der Waals surface area contributed by atoms with Crippen LogP contribution in [0.1, 0.15) is 27.2 Å². The third kappa shape index (κ3) is 7.19. The summed E-state index contributed by atoms with van der Waals surface area (Å²) in [6.07, 6.45) is 0.886. The summed E-state index contributed by atoms with van der Waals surface area (Å²) < 4.78 is 33.3. The van der Waals surface area contributed by atoms with Crippen molar-refractivity contribution in [1.82, 2.24) is 19.8 Å². The zero-order valence-electron chi connectivity index (χ0n) is 18.8. The molecule has 1 aliphatic rings. The highest BCUT2D eigenvalue weighted by molar-refractivity contribution is 7.89. The number of nitrogens with one attached hydrogen (secondary N) is 2. The van der Waals surface area contributed by atoms with Gasteiger partial charge in [-0.25, -0.2) is 8.42 Å². The van der Waals surface area contributed by atoms with Crippen molar-refractivity contribution in [3.8, 4) is 5.75 Å². The molecule has 9 nitrogen and oxygen atoms in total. The lowest BCUT2D eigenvalue weighted by atomic mass is 10.0. The van der Waals surface area contributed by atoms with Gasteiger partial charge in [0.25, 0.3) is 0 Å². The van der Waals surface area contributed by atoms with E-state index in [2.05, 4.69) is 10.0 Å². The van der Waals surface area contributed by atoms with Crippen LogP contribution in [0, 0.1) is 5.92 Å². The Labute approximate surface area is 185 Å². The Bertz CT molecular complexity index is 834. The van der Waals surface area contributed by atoms with Gasteiger partial charge in [0.1, 0.15) is 11.8 Å². The summed E-state index contributed by atoms with van der Waals surface area (Å²) in [5.74, 6) is 0.0613. The molecule has 31 heavy (non-hydrogen) atoms. The molecule has 0 saturated carbocycles. The number of carbonyl (C=O) groups is 2. The highest BCUT2D eigenvalue weighted by Crippen LogP contribution is 2.18. The van der Waals surface area contributed by atoms with Crippen molar-refractivity contribution in [2.45, 2.75) is 38.1 Å². The van der Waals surface area contributed by atoms with Crippen LogP contribution in [-0.2, 0) is 19.6 Å². The van der Waals surface area contributed by atoms with Crippen LogP contribution >= 0.6 is 0 Å². The third-order valence-electron chi connectivity index (χ3n) is 5.21. The van der Waals surface area contributed by atoms with Crippen molar-refractivity contribution in [2.24, 2.45) is 5.92 Å². The Kier molecular flexibility index (Phi) is 9.27. The predicted molar refractivity (Wildman–Crippen MR) is 118 cm³/mol. The van der Waals surface area contributed by atoms with Gasteiger partial charge in [-0.1, -0.05) is 20.8 Å². The smallest absolute Gasteiger partial charge is 0.241 e. The van der Waals surface area contributed by atoms with Crippen molar-refractivity contribution >= 4 is 21.8 Å². The van der Waals surface area contributed by atoms with Gasteiger partial charge >= 0.3 is 0 Å². The fraction of sp³-hybridized carbons (Fsp3) is 0.619. The number of benzene rings is 1. The van der Waals surface area contributed by atoms with Crippen LogP contribution in [0.15, 0.2) is 29.2 Å². The van der Waals surface area contributed by atoms with E-state index in [0.717, 1.165) is 6.42 Å². The summed E-state index contributed by atoms with van der Waals surface area (Å²) >= 11 is 0. The lowest BCUT2D eigenvalue weighted by Gasteiger charge is -2.37. The standard InChI is InChI=1S/C21H34N4O5S/c1-5-10-22-19(26)15-24-11-13-25(14-12-24)21(27)20(16(2)3)23-31(28,29)18-8-6-17(30-4)7-9-18/h6-9,16,20,23H,5,10-15H2,1-4H3,(H,22,26)/t20-/m0/s1. The van der Waals surface area contributed by atoms with E-state index in [4.69, 9.17) is 4.74 Å². The Morgan fingerprint density at radius 1 is 1.10 bits per heavy atom. The minimum Gasteiger partial charge on any atom is -0.497 e. The normalized spacial score (nSPS) is 16.2. The maximum atomic E-state index is 13.1. The largest absolute Gasteiger partial charge is 0.497 e.